The molecule has 1 heterocycles. The predicted octanol–water partition coefficient (Wildman–Crippen LogP) is 4.04. The summed E-state index contributed by atoms with van der Waals surface area (Å²) in [5.41, 5.74) is 0.806. The van der Waals surface area contributed by atoms with Crippen molar-refractivity contribution in [3.8, 4) is 0 Å². The molecule has 1 fully saturated rings. The third-order valence-electron chi connectivity index (χ3n) is 5.16. The molecule has 1 aliphatic heterocycles. The van der Waals surface area contributed by atoms with Gasteiger partial charge in [0.05, 0.1) is 0 Å². The summed E-state index contributed by atoms with van der Waals surface area (Å²) in [5, 5.41) is 0. The summed E-state index contributed by atoms with van der Waals surface area (Å²) in [4.78, 5) is 28.8. The van der Waals surface area contributed by atoms with Crippen LogP contribution in [0.4, 0.5) is 4.79 Å². The maximum atomic E-state index is 12.8. The van der Waals surface area contributed by atoms with E-state index >= 15 is 0 Å². The van der Waals surface area contributed by atoms with Gasteiger partial charge in [-0.05, 0) is 0 Å². The Morgan fingerprint density at radius 3 is 1.85 bits per heavy atom. The molecule has 1 saturated heterocycles. The molecule has 1 aromatic carbocycles. The Hall–Kier alpha value is -2.48. The molecular formula is C25H30CrN2O6. The molecular weight excluding hydrogens is 476 g/mol. The van der Waals surface area contributed by atoms with Gasteiger partial charge in [0.15, 0.2) is 0 Å². The van der Waals surface area contributed by atoms with Crippen LogP contribution in [0, 0.1) is 37.9 Å². The van der Waals surface area contributed by atoms with Crippen LogP contribution in [0.1, 0.15) is 59.1 Å². The summed E-state index contributed by atoms with van der Waals surface area (Å²) in [6.45, 7) is 28.0. The van der Waals surface area contributed by atoms with E-state index in [9.17, 15) is 9.59 Å². The Labute approximate surface area is 210 Å². The van der Waals surface area contributed by atoms with E-state index in [1.54, 1.807) is 4.90 Å². The van der Waals surface area contributed by atoms with E-state index in [0.717, 1.165) is 10.1 Å². The van der Waals surface area contributed by atoms with Gasteiger partial charge in [-0.25, -0.2) is 0 Å². The van der Waals surface area contributed by atoms with Gasteiger partial charge in [-0.2, -0.15) is 0 Å². The average molecular weight is 507 g/mol. The second-order valence-corrected chi connectivity index (χ2v) is 9.18. The summed E-state index contributed by atoms with van der Waals surface area (Å²) in [6.07, 6.45) is 1.22. The number of hydrogen-bond donors (Lipinski definition) is 0. The Bertz CT molecular complexity index is 831. The normalized spacial score (nSPS) is 16.9. The number of Topliss-reactive ketones (excluding diaryl/α,β-unsaturated/α-hetero) is 1. The predicted molar refractivity (Wildman–Crippen MR) is 117 cm³/mol. The standard InChI is InChI=1S/C21H30N2O2.4CO.Cr/c1-15(14-18(24)21(3,4)5)12-13-23-19(16(2)22(6)20(23)25)17-10-8-7-9-11-17;4*1-2;/h7-11,15-16,19H,12,14H2,1-6H3;;;;;/t15-,16+,19+;;;;;/m1...../s1. The fourth-order valence-corrected chi connectivity index (χ4v) is 4.07. The van der Waals surface area contributed by atoms with Gasteiger partial charge in [-0.1, -0.05) is 0 Å². The molecule has 182 valence electrons. The average Bonchev–Trinajstić information content (AvgIpc) is 3.08. The molecule has 8 nitrogen and oxygen atoms in total. The Balaban J connectivity index is -0.00000108. The zero-order valence-electron chi connectivity index (χ0n) is 20.3. The minimum absolute atomic E-state index is 0.00875. The number of rotatable bonds is 6. The van der Waals surface area contributed by atoms with Crippen molar-refractivity contribution in [3.63, 3.8) is 0 Å². The molecule has 1 aromatic rings. The summed E-state index contributed by atoms with van der Waals surface area (Å²) >= 11 is 3.12. The first kappa shape index (κ1) is 36.1. The summed E-state index contributed by atoms with van der Waals surface area (Å²) in [6, 6.07) is 10.2. The third kappa shape index (κ3) is 10.6. The zero-order valence-corrected chi connectivity index (χ0v) is 21.6. The van der Waals surface area contributed by atoms with Crippen molar-refractivity contribution < 1.29 is 44.0 Å². The van der Waals surface area contributed by atoms with Crippen molar-refractivity contribution in [3.05, 3.63) is 62.5 Å². The minimum atomic E-state index is -0.323. The van der Waals surface area contributed by atoms with Gasteiger partial charge < -0.3 is 0 Å². The van der Waals surface area contributed by atoms with Crippen molar-refractivity contribution >= 4 is 16.3 Å². The number of urea groups is 1. The topological polar surface area (TPSA) is 120 Å². The van der Waals surface area contributed by atoms with Crippen LogP contribution in [0.15, 0.2) is 30.3 Å². The number of carbonyl (C=O) groups excluding carboxylic acids is 2. The van der Waals surface area contributed by atoms with Gasteiger partial charge in [-0.15, -0.1) is 0 Å². The summed E-state index contributed by atoms with van der Waals surface area (Å²) in [7, 11) is 1.85. The molecule has 0 unspecified atom stereocenters. The van der Waals surface area contributed by atoms with Crippen LogP contribution in [-0.4, -0.2) is 39.2 Å². The molecule has 0 aliphatic carbocycles. The molecule has 0 aromatic heterocycles. The number of ketones is 1. The van der Waals surface area contributed by atoms with E-state index in [2.05, 4.69) is 68.4 Å². The van der Waals surface area contributed by atoms with Gasteiger partial charge in [-0.3, -0.25) is 0 Å². The van der Waals surface area contributed by atoms with Gasteiger partial charge in [0.2, 0.25) is 0 Å². The molecule has 3 atom stereocenters. The van der Waals surface area contributed by atoms with Crippen LogP contribution in [0.2, 0.25) is 0 Å². The Morgan fingerprint density at radius 1 is 1.00 bits per heavy atom. The zero-order chi connectivity index (χ0) is 27.6. The van der Waals surface area contributed by atoms with Gasteiger partial charge >= 0.3 is 211 Å². The van der Waals surface area contributed by atoms with Crippen LogP contribution in [0.3, 0.4) is 0 Å². The quantitative estimate of drug-likeness (QED) is 0.427. The molecule has 34 heavy (non-hydrogen) atoms. The molecule has 1 aliphatic rings. The van der Waals surface area contributed by atoms with Crippen molar-refractivity contribution in [1.82, 2.24) is 9.80 Å². The maximum absolute atomic E-state index is 12.8. The van der Waals surface area contributed by atoms with E-state index < -0.39 is 0 Å². The van der Waals surface area contributed by atoms with E-state index in [1.807, 2.05) is 50.9 Å². The van der Waals surface area contributed by atoms with Crippen molar-refractivity contribution in [2.45, 2.75) is 59.5 Å². The van der Waals surface area contributed by atoms with Crippen molar-refractivity contribution in [1.29, 1.82) is 0 Å². The molecule has 0 N–H and O–H groups in total. The summed E-state index contributed by atoms with van der Waals surface area (Å²) in [5.74, 6) is 0.444. The van der Waals surface area contributed by atoms with Crippen LogP contribution >= 0.6 is 0 Å². The first-order valence-electron chi connectivity index (χ1n) is 10.0. The number of nitrogens with zero attached hydrogens (tertiary/aromatic N) is 2. The number of benzene rings is 1. The molecule has 0 bridgehead atoms. The van der Waals surface area contributed by atoms with Crippen molar-refractivity contribution in [2.24, 2.45) is 11.3 Å². The number of carbonyl (C=O) groups is 2. The SMILES string of the molecule is C[C@@H](CC(=O)C(C)(C)C)C[C](=[Cr])N1C(=O)N(C)[C@@H](C)[C@H]1c1ccccc1.[C-]#[O+].[C-]#[O+].[C-]#[O+].[C-]#[O+]. The van der Waals surface area contributed by atoms with E-state index in [-0.39, 0.29) is 35.2 Å². The molecule has 9 heteroatoms. The molecule has 0 saturated carbocycles. The van der Waals surface area contributed by atoms with Gasteiger partial charge in [0, 0.05) is 0 Å². The van der Waals surface area contributed by atoms with Gasteiger partial charge in [0.25, 0.3) is 0 Å². The molecule has 2 amide bonds. The van der Waals surface area contributed by atoms with Crippen LogP contribution in [0.5, 0.6) is 0 Å². The van der Waals surface area contributed by atoms with E-state index in [0.29, 0.717) is 12.8 Å². The van der Waals surface area contributed by atoms with Gasteiger partial charge in [0.1, 0.15) is 0 Å². The molecule has 0 spiro atoms. The monoisotopic (exact) mass is 506 g/mol. The third-order valence-corrected chi connectivity index (χ3v) is 5.72. The number of hydrogen-bond acceptors (Lipinski definition) is 2. The Kier molecular flexibility index (Phi) is 20.1. The van der Waals surface area contributed by atoms with Crippen LogP contribution in [0.25, 0.3) is 0 Å². The fraction of sp³-hybridized carbons (Fsp3) is 0.480. The number of likely N-dealkylation sites (N-methyl/N-ethyl adjacent to an activating group) is 1. The molecule has 2 rings (SSSR count). The first-order chi connectivity index (χ1) is 16.0. The van der Waals surface area contributed by atoms with E-state index in [4.69, 9.17) is 18.6 Å². The summed E-state index contributed by atoms with van der Waals surface area (Å²) < 4.78 is 30.9. The number of amides is 2. The first-order valence-corrected chi connectivity index (χ1v) is 10.7. The van der Waals surface area contributed by atoms with Crippen molar-refractivity contribution in [2.75, 3.05) is 7.05 Å². The molecule has 0 radical (unpaired) electrons. The van der Waals surface area contributed by atoms with Crippen LogP contribution < -0.4 is 0 Å². The van der Waals surface area contributed by atoms with Crippen LogP contribution in [-0.2, 0) is 39.3 Å². The van der Waals surface area contributed by atoms with E-state index in [1.165, 1.54) is 0 Å². The fourth-order valence-electron chi connectivity index (χ4n) is 3.32. The Morgan fingerprint density at radius 2 is 1.44 bits per heavy atom. The second kappa shape index (κ2) is 18.9. The second-order valence-electron chi connectivity index (χ2n) is 8.44.